The molecule has 2 aromatic rings. The molecule has 43 heavy (non-hydrogen) atoms. The molecule has 0 aliphatic carbocycles. The Morgan fingerprint density at radius 2 is 1.70 bits per heavy atom. The molecule has 0 radical (unpaired) electrons. The third kappa shape index (κ3) is 7.86. The van der Waals surface area contributed by atoms with E-state index >= 15 is 0 Å². The average molecular weight is 594 g/mol. The number of amides is 1. The molecule has 11 nitrogen and oxygen atoms in total. The number of benzene rings is 1. The Balaban J connectivity index is 1.60. The number of ketones is 1. The number of hydrogen-bond acceptors (Lipinski definition) is 9. The van der Waals surface area contributed by atoms with Crippen LogP contribution in [-0.2, 0) is 30.1 Å². The van der Waals surface area contributed by atoms with E-state index in [0.29, 0.717) is 13.0 Å². The Hall–Kier alpha value is -3.64. The third-order valence-corrected chi connectivity index (χ3v) is 8.64. The van der Waals surface area contributed by atoms with Crippen LogP contribution in [0.2, 0.25) is 5.82 Å². The van der Waals surface area contributed by atoms with E-state index in [2.05, 4.69) is 20.6 Å². The minimum atomic E-state index is -2.47. The first-order valence-corrected chi connectivity index (χ1v) is 15.4. The number of quaternary nitrogens is 1. The maximum atomic E-state index is 14.1. The highest BCUT2D eigenvalue weighted by atomic mass is 16.7. The van der Waals surface area contributed by atoms with Crippen LogP contribution >= 0.6 is 0 Å². The smallest absolute Gasteiger partial charge is 0.587 e. The van der Waals surface area contributed by atoms with E-state index in [9.17, 15) is 19.2 Å². The van der Waals surface area contributed by atoms with Crippen molar-refractivity contribution in [2.24, 2.45) is 5.92 Å². The van der Waals surface area contributed by atoms with Gasteiger partial charge in [-0.3, -0.25) is 24.2 Å². The zero-order valence-corrected chi connectivity index (χ0v) is 25.5. The summed E-state index contributed by atoms with van der Waals surface area (Å²) in [4.78, 5) is 61.1. The Labute approximate surface area is 253 Å². The summed E-state index contributed by atoms with van der Waals surface area (Å²) >= 11 is 0. The van der Waals surface area contributed by atoms with E-state index in [4.69, 9.17) is 9.31 Å². The zero-order chi connectivity index (χ0) is 30.9. The number of carbonyl (C=O) groups excluding carboxylic acids is 4. The van der Waals surface area contributed by atoms with Crippen molar-refractivity contribution in [1.29, 1.82) is 0 Å². The normalized spacial score (nSPS) is 22.5. The first kappa shape index (κ1) is 32.3. The van der Waals surface area contributed by atoms with Crippen LogP contribution in [0, 0.1) is 5.92 Å². The van der Waals surface area contributed by atoms with E-state index < -0.39 is 36.4 Å². The van der Waals surface area contributed by atoms with E-state index in [1.807, 2.05) is 51.2 Å². The molecule has 2 atom stereocenters. The first-order valence-electron chi connectivity index (χ1n) is 15.4. The number of carbonyl (C=O) groups is 4. The van der Waals surface area contributed by atoms with Gasteiger partial charge in [-0.2, -0.15) is 0 Å². The van der Waals surface area contributed by atoms with E-state index in [0.717, 1.165) is 37.8 Å². The van der Waals surface area contributed by atoms with Gasteiger partial charge in [-0.25, -0.2) is 4.98 Å². The van der Waals surface area contributed by atoms with Gasteiger partial charge in [-0.05, 0) is 63.0 Å². The van der Waals surface area contributed by atoms with Gasteiger partial charge in [0, 0.05) is 18.9 Å². The van der Waals surface area contributed by atoms with Gasteiger partial charge in [0.05, 0.1) is 12.2 Å². The van der Waals surface area contributed by atoms with Crippen molar-refractivity contribution in [2.45, 2.75) is 70.7 Å². The van der Waals surface area contributed by atoms with Gasteiger partial charge < -0.3 is 24.3 Å². The van der Waals surface area contributed by atoms with Crippen LogP contribution in [0.15, 0.2) is 48.9 Å². The lowest BCUT2D eigenvalue weighted by Gasteiger charge is -2.47. The molecule has 2 N–H and O–H groups in total. The molecule has 0 spiro atoms. The molecule has 3 heterocycles. The summed E-state index contributed by atoms with van der Waals surface area (Å²) in [6, 6.07) is 8.58. The Kier molecular flexibility index (Phi) is 11.0. The lowest BCUT2D eigenvalue weighted by molar-refractivity contribution is -0.816. The summed E-state index contributed by atoms with van der Waals surface area (Å²) in [6.45, 7) is 3.22. The molecule has 2 fully saturated rings. The van der Waals surface area contributed by atoms with E-state index in [1.165, 1.54) is 18.6 Å². The Morgan fingerprint density at radius 3 is 2.33 bits per heavy atom. The average Bonchev–Trinajstić information content (AvgIpc) is 3.40. The van der Waals surface area contributed by atoms with Crippen molar-refractivity contribution in [3.8, 4) is 0 Å². The van der Waals surface area contributed by atoms with Crippen molar-refractivity contribution in [3.05, 3.63) is 60.2 Å². The number of nitrogens with one attached hydrogen (secondary N) is 2. The molecule has 1 aromatic carbocycles. The molecular weight excluding hydrogens is 549 g/mol. The second-order valence-electron chi connectivity index (χ2n) is 12.4. The topological polar surface area (TPSA) is 137 Å². The first-order chi connectivity index (χ1) is 20.7. The maximum absolute atomic E-state index is 14.1. The monoisotopic (exact) mass is 593 g/mol. The Bertz CT molecular complexity index is 1240. The van der Waals surface area contributed by atoms with Crippen molar-refractivity contribution >= 4 is 30.3 Å². The summed E-state index contributed by atoms with van der Waals surface area (Å²) in [5.41, 5.74) is 0.988. The molecule has 4 rings (SSSR count). The minimum Gasteiger partial charge on any atom is -0.600 e. The highest BCUT2D eigenvalue weighted by Crippen LogP contribution is 2.47. The molecule has 2 saturated heterocycles. The van der Waals surface area contributed by atoms with Gasteiger partial charge in [-0.1, -0.05) is 57.0 Å². The maximum Gasteiger partial charge on any atom is 0.587 e. The summed E-state index contributed by atoms with van der Waals surface area (Å²) in [6.07, 6.45) is 8.87. The molecule has 1 amide bonds. The zero-order valence-electron chi connectivity index (χ0n) is 25.5. The van der Waals surface area contributed by atoms with Crippen LogP contribution in [0.5, 0.6) is 0 Å². The summed E-state index contributed by atoms with van der Waals surface area (Å²) < 4.78 is 12.2. The van der Waals surface area contributed by atoms with Crippen LogP contribution < -0.4 is 10.6 Å². The van der Waals surface area contributed by atoms with Crippen LogP contribution in [0.3, 0.4) is 0 Å². The quantitative estimate of drug-likeness (QED) is 0.210. The number of hydrogen-bond donors (Lipinski definition) is 2. The van der Waals surface area contributed by atoms with E-state index in [1.54, 1.807) is 0 Å². The molecule has 2 aliphatic rings. The second kappa shape index (κ2) is 14.7. The minimum absolute atomic E-state index is 0.0147. The fourth-order valence-corrected chi connectivity index (χ4v) is 6.74. The van der Waals surface area contributed by atoms with Crippen LogP contribution in [0.1, 0.15) is 68.4 Å². The van der Waals surface area contributed by atoms with E-state index in [-0.39, 0.29) is 47.7 Å². The predicted molar refractivity (Wildman–Crippen MR) is 161 cm³/mol. The molecule has 2 aliphatic heterocycles. The molecule has 12 heteroatoms. The summed E-state index contributed by atoms with van der Waals surface area (Å²) in [7, 11) is 1.93. The van der Waals surface area contributed by atoms with Gasteiger partial charge in [0.15, 0.2) is 5.78 Å². The molecule has 0 bridgehead atoms. The summed E-state index contributed by atoms with van der Waals surface area (Å²) in [5.74, 6) is -1.92. The fourth-order valence-electron chi connectivity index (χ4n) is 6.74. The van der Waals surface area contributed by atoms with Crippen molar-refractivity contribution in [3.63, 3.8) is 0 Å². The van der Waals surface area contributed by atoms with Gasteiger partial charge >= 0.3 is 18.6 Å². The molecule has 0 saturated carbocycles. The van der Waals surface area contributed by atoms with Gasteiger partial charge in [0.25, 0.3) is 5.91 Å². The van der Waals surface area contributed by atoms with Gasteiger partial charge in [0.1, 0.15) is 18.8 Å². The molecule has 232 valence electrons. The van der Waals surface area contributed by atoms with Crippen LogP contribution in [0.25, 0.3) is 0 Å². The van der Waals surface area contributed by atoms with Gasteiger partial charge in [0.2, 0.25) is 0 Å². The number of aromatic nitrogens is 2. The highest BCUT2D eigenvalue weighted by Gasteiger charge is 2.70. The van der Waals surface area contributed by atoms with Crippen molar-refractivity contribution < 1.29 is 32.9 Å². The Morgan fingerprint density at radius 1 is 1.00 bits per heavy atom. The van der Waals surface area contributed by atoms with Crippen LogP contribution in [-0.4, -0.2) is 83.9 Å². The van der Waals surface area contributed by atoms with Crippen LogP contribution in [0.4, 0.5) is 0 Å². The highest BCUT2D eigenvalue weighted by molar-refractivity contribution is 6.67. The predicted octanol–water partition coefficient (Wildman–Crippen LogP) is 2.84. The number of Topliss-reactive ketones (excluding diaryl/α,β-unsaturated/α-hetero) is 1. The summed E-state index contributed by atoms with van der Waals surface area (Å²) in [5, 5.41) is 6.02. The lowest BCUT2D eigenvalue weighted by atomic mass is 9.51. The molecule has 0 unspecified atom stereocenters. The second-order valence-corrected chi connectivity index (χ2v) is 12.4. The number of rotatable bonds is 17. The number of fused-ring (bicyclic) bond motifs is 1. The third-order valence-electron chi connectivity index (χ3n) is 8.64. The molecule has 1 aromatic heterocycles. The fraction of sp³-hybridized carbons (Fsp3) is 0.548. The molecular formula is C31H44BN5O6. The SMILES string of the molecule is CNCCCCCC[N+]12CC(=O)O[B-]1([C@@H](CC(=O)[C@H](Cc1ccccc1)NC(=O)c1cnccn1)CC(C)C)OC(=O)C2. The number of nitrogens with zero attached hydrogens (tertiary/aromatic N) is 3. The largest absolute Gasteiger partial charge is 0.600 e. The lowest BCUT2D eigenvalue weighted by Crippen LogP contribution is -2.66. The van der Waals surface area contributed by atoms with Crippen molar-refractivity contribution in [1.82, 2.24) is 20.6 Å². The van der Waals surface area contributed by atoms with Gasteiger partial charge in [-0.15, -0.1) is 0 Å². The number of unbranched alkanes of at least 4 members (excludes halogenated alkanes) is 3. The van der Waals surface area contributed by atoms with Crippen molar-refractivity contribution in [2.75, 3.05) is 33.2 Å². The standard InChI is InChI=1S/C31H44BN5O6/c1-23(2)17-25(32-37(21-29(39)42-32,22-30(40)43-32)16-10-5-4-9-13-33-3)19-28(38)26(18-24-11-7-6-8-12-24)36-31(41)27-20-34-14-15-35-27/h6-8,11-12,14-15,20,23,25-26,33H,4-5,9-10,13,16-19,21-22H2,1-3H3,(H,36,41)/t25-,26+,32?,37?/m1/s1.